The lowest BCUT2D eigenvalue weighted by Crippen LogP contribution is -2.39. The van der Waals surface area contributed by atoms with Crippen LogP contribution in [-0.4, -0.2) is 17.8 Å². The largest absolute Gasteiger partial charge is 0.355 e. The van der Waals surface area contributed by atoms with Crippen LogP contribution in [0.3, 0.4) is 0 Å². The first kappa shape index (κ1) is 11.8. The van der Waals surface area contributed by atoms with Gasteiger partial charge in [0, 0.05) is 6.54 Å². The van der Waals surface area contributed by atoms with Crippen LogP contribution in [0, 0.1) is 5.41 Å². The minimum Gasteiger partial charge on any atom is -0.355 e. The van der Waals surface area contributed by atoms with E-state index in [9.17, 15) is 4.79 Å². The van der Waals surface area contributed by atoms with E-state index < -0.39 is 5.38 Å². The van der Waals surface area contributed by atoms with Crippen molar-refractivity contribution in [1.29, 1.82) is 0 Å². The molecule has 0 bridgehead atoms. The van der Waals surface area contributed by atoms with E-state index in [0.29, 0.717) is 6.54 Å². The van der Waals surface area contributed by atoms with Crippen molar-refractivity contribution in [3.63, 3.8) is 0 Å². The lowest BCUT2D eigenvalue weighted by atomic mass is 9.91. The van der Waals surface area contributed by atoms with Crippen molar-refractivity contribution in [3.8, 4) is 0 Å². The number of hydrogen-bond donors (Lipinski definition) is 1. The van der Waals surface area contributed by atoms with Gasteiger partial charge in [0.25, 0.3) is 0 Å². The molecule has 3 heteroatoms. The van der Waals surface area contributed by atoms with Crippen molar-refractivity contribution in [1.82, 2.24) is 5.32 Å². The molecular weight excluding hydrogens is 174 g/mol. The SMILES string of the molecule is CCCNC(=O)C(Cl)C(C)(C)C. The number of carbonyl (C=O) groups excluding carboxylic acids is 1. The number of carbonyl (C=O) groups is 1. The first-order valence-corrected chi connectivity index (χ1v) is 4.75. The average molecular weight is 192 g/mol. The van der Waals surface area contributed by atoms with Gasteiger partial charge in [-0.25, -0.2) is 0 Å². The van der Waals surface area contributed by atoms with Crippen molar-refractivity contribution >= 4 is 17.5 Å². The predicted octanol–water partition coefficient (Wildman–Crippen LogP) is 2.17. The summed E-state index contributed by atoms with van der Waals surface area (Å²) in [6, 6.07) is 0. The van der Waals surface area contributed by atoms with Crippen LogP contribution in [0.5, 0.6) is 0 Å². The molecule has 0 radical (unpaired) electrons. The van der Waals surface area contributed by atoms with E-state index in [4.69, 9.17) is 11.6 Å². The van der Waals surface area contributed by atoms with Gasteiger partial charge in [-0.1, -0.05) is 27.7 Å². The van der Waals surface area contributed by atoms with E-state index in [1.807, 2.05) is 27.7 Å². The van der Waals surface area contributed by atoms with Crippen LogP contribution in [0.2, 0.25) is 0 Å². The molecule has 72 valence electrons. The maximum Gasteiger partial charge on any atom is 0.238 e. The van der Waals surface area contributed by atoms with Gasteiger partial charge in [-0.3, -0.25) is 4.79 Å². The fourth-order valence-electron chi connectivity index (χ4n) is 0.731. The summed E-state index contributed by atoms with van der Waals surface area (Å²) < 4.78 is 0. The summed E-state index contributed by atoms with van der Waals surface area (Å²) in [7, 11) is 0. The quantitative estimate of drug-likeness (QED) is 0.681. The molecule has 1 unspecified atom stereocenters. The van der Waals surface area contributed by atoms with Gasteiger partial charge in [0.2, 0.25) is 5.91 Å². The molecule has 0 aliphatic rings. The molecule has 0 saturated heterocycles. The van der Waals surface area contributed by atoms with Gasteiger partial charge in [0.15, 0.2) is 0 Å². The van der Waals surface area contributed by atoms with E-state index >= 15 is 0 Å². The molecule has 0 spiro atoms. The summed E-state index contributed by atoms with van der Waals surface area (Å²) in [6.07, 6.45) is 0.944. The van der Waals surface area contributed by atoms with Crippen molar-refractivity contribution < 1.29 is 4.79 Å². The monoisotopic (exact) mass is 191 g/mol. The topological polar surface area (TPSA) is 29.1 Å². The lowest BCUT2D eigenvalue weighted by Gasteiger charge is -2.23. The highest BCUT2D eigenvalue weighted by Gasteiger charge is 2.28. The Kier molecular flexibility index (Phi) is 4.61. The minimum absolute atomic E-state index is 0.0639. The second-order valence-electron chi connectivity index (χ2n) is 4.02. The average Bonchev–Trinajstić information content (AvgIpc) is 1.97. The maximum atomic E-state index is 11.3. The zero-order chi connectivity index (χ0) is 9.78. The molecule has 0 aromatic carbocycles. The smallest absolute Gasteiger partial charge is 0.238 e. The zero-order valence-electron chi connectivity index (χ0n) is 8.28. The lowest BCUT2D eigenvalue weighted by molar-refractivity contribution is -0.122. The first-order valence-electron chi connectivity index (χ1n) is 4.31. The Morgan fingerprint density at radius 3 is 2.33 bits per heavy atom. The molecule has 12 heavy (non-hydrogen) atoms. The van der Waals surface area contributed by atoms with Crippen LogP contribution in [0.4, 0.5) is 0 Å². The van der Waals surface area contributed by atoms with Gasteiger partial charge < -0.3 is 5.32 Å². The minimum atomic E-state index is -0.441. The summed E-state index contributed by atoms with van der Waals surface area (Å²) >= 11 is 5.93. The fourth-order valence-corrected chi connectivity index (χ4v) is 0.808. The third-order valence-electron chi connectivity index (χ3n) is 1.54. The van der Waals surface area contributed by atoms with Crippen LogP contribution < -0.4 is 5.32 Å². The Balaban J connectivity index is 3.94. The molecule has 0 aromatic heterocycles. The van der Waals surface area contributed by atoms with Gasteiger partial charge in [0.1, 0.15) is 5.38 Å². The van der Waals surface area contributed by atoms with Crippen LogP contribution in [0.25, 0.3) is 0 Å². The van der Waals surface area contributed by atoms with Crippen LogP contribution >= 0.6 is 11.6 Å². The molecular formula is C9H18ClNO. The summed E-state index contributed by atoms with van der Waals surface area (Å²) in [5.74, 6) is -0.0639. The molecule has 1 N–H and O–H groups in total. The number of rotatable bonds is 3. The normalized spacial score (nSPS) is 14.1. The van der Waals surface area contributed by atoms with Gasteiger partial charge in [-0.2, -0.15) is 0 Å². The van der Waals surface area contributed by atoms with E-state index in [1.54, 1.807) is 0 Å². The van der Waals surface area contributed by atoms with E-state index in [-0.39, 0.29) is 11.3 Å². The second kappa shape index (κ2) is 4.70. The molecule has 0 fully saturated rings. The first-order chi connectivity index (χ1) is 5.39. The van der Waals surface area contributed by atoms with Gasteiger partial charge in [0.05, 0.1) is 0 Å². The highest BCUT2D eigenvalue weighted by Crippen LogP contribution is 2.24. The van der Waals surface area contributed by atoms with Gasteiger partial charge in [-0.05, 0) is 11.8 Å². The van der Waals surface area contributed by atoms with Crippen LogP contribution in [0.1, 0.15) is 34.1 Å². The predicted molar refractivity (Wildman–Crippen MR) is 52.4 cm³/mol. The highest BCUT2D eigenvalue weighted by molar-refractivity contribution is 6.31. The van der Waals surface area contributed by atoms with Crippen LogP contribution in [-0.2, 0) is 4.79 Å². The Bertz CT molecular complexity index is 151. The number of amides is 1. The third-order valence-corrected chi connectivity index (χ3v) is 2.39. The molecule has 1 amide bonds. The van der Waals surface area contributed by atoms with Crippen molar-refractivity contribution in [2.75, 3.05) is 6.54 Å². The molecule has 0 aliphatic heterocycles. The third kappa shape index (κ3) is 3.96. The van der Waals surface area contributed by atoms with Crippen molar-refractivity contribution in [2.24, 2.45) is 5.41 Å². The Morgan fingerprint density at radius 1 is 1.50 bits per heavy atom. The standard InChI is InChI=1S/C9H18ClNO/c1-5-6-11-8(12)7(10)9(2,3)4/h7H,5-6H2,1-4H3,(H,11,12). The van der Waals surface area contributed by atoms with E-state index in [2.05, 4.69) is 5.32 Å². The molecule has 0 aromatic rings. The summed E-state index contributed by atoms with van der Waals surface area (Å²) in [4.78, 5) is 11.3. The number of halogens is 1. The number of nitrogens with one attached hydrogen (secondary N) is 1. The molecule has 0 aliphatic carbocycles. The Hall–Kier alpha value is -0.240. The molecule has 0 rings (SSSR count). The maximum absolute atomic E-state index is 11.3. The Morgan fingerprint density at radius 2 is 2.00 bits per heavy atom. The highest BCUT2D eigenvalue weighted by atomic mass is 35.5. The van der Waals surface area contributed by atoms with E-state index in [0.717, 1.165) is 6.42 Å². The molecule has 0 heterocycles. The second-order valence-corrected chi connectivity index (χ2v) is 4.46. The number of alkyl halides is 1. The molecule has 1 atom stereocenters. The summed E-state index contributed by atoms with van der Waals surface area (Å²) in [6.45, 7) is 8.58. The summed E-state index contributed by atoms with van der Waals surface area (Å²) in [5, 5.41) is 2.33. The van der Waals surface area contributed by atoms with Gasteiger partial charge >= 0.3 is 0 Å². The molecule has 0 saturated carbocycles. The van der Waals surface area contributed by atoms with Crippen LogP contribution in [0.15, 0.2) is 0 Å². The number of hydrogen-bond acceptors (Lipinski definition) is 1. The van der Waals surface area contributed by atoms with Crippen molar-refractivity contribution in [2.45, 2.75) is 39.5 Å². The van der Waals surface area contributed by atoms with E-state index in [1.165, 1.54) is 0 Å². The molecule has 2 nitrogen and oxygen atoms in total. The zero-order valence-corrected chi connectivity index (χ0v) is 9.03. The fraction of sp³-hybridized carbons (Fsp3) is 0.889. The summed E-state index contributed by atoms with van der Waals surface area (Å²) in [5.41, 5.74) is -0.167. The van der Waals surface area contributed by atoms with Gasteiger partial charge in [-0.15, -0.1) is 11.6 Å². The Labute approximate surface area is 79.7 Å². The van der Waals surface area contributed by atoms with Crippen molar-refractivity contribution in [3.05, 3.63) is 0 Å².